The van der Waals surface area contributed by atoms with Gasteiger partial charge in [0.2, 0.25) is 11.8 Å². The van der Waals surface area contributed by atoms with E-state index in [-0.39, 0.29) is 24.0 Å². The first-order chi connectivity index (χ1) is 22.5. The lowest BCUT2D eigenvalue weighted by atomic mass is 10.0. The van der Waals surface area contributed by atoms with Gasteiger partial charge in [-0.2, -0.15) is 0 Å². The van der Waals surface area contributed by atoms with Crippen LogP contribution in [-0.4, -0.2) is 47.3 Å². The number of carbonyl (C=O) groups excluding carboxylic acids is 2. The van der Waals surface area contributed by atoms with Crippen LogP contribution in [0.4, 0.5) is 0 Å². The number of aliphatic hydroxyl groups excluding tert-OH is 2. The molecule has 0 aromatic carbocycles. The van der Waals surface area contributed by atoms with Crippen LogP contribution in [0.5, 0.6) is 0 Å². The van der Waals surface area contributed by atoms with Crippen molar-refractivity contribution >= 4 is 11.8 Å². The van der Waals surface area contributed by atoms with Crippen molar-refractivity contribution < 1.29 is 19.8 Å². The van der Waals surface area contributed by atoms with Crippen molar-refractivity contribution in [1.82, 2.24) is 10.6 Å². The molecule has 6 nitrogen and oxygen atoms in total. The smallest absolute Gasteiger partial charge is 0.219 e. The highest BCUT2D eigenvalue weighted by molar-refractivity contribution is 5.76. The third-order valence-corrected chi connectivity index (χ3v) is 9.41. The van der Waals surface area contributed by atoms with Gasteiger partial charge in [0.25, 0.3) is 0 Å². The Hall–Kier alpha value is -1.14. The second kappa shape index (κ2) is 36.7. The highest BCUT2D eigenvalue weighted by atomic mass is 16.3. The zero-order valence-corrected chi connectivity index (χ0v) is 30.9. The molecule has 0 aromatic rings. The quantitative estimate of drug-likeness (QED) is 0.0502. The lowest BCUT2D eigenvalue weighted by molar-refractivity contribution is -0.122. The number of amides is 2. The van der Waals surface area contributed by atoms with Crippen LogP contribution in [0.3, 0.4) is 0 Å². The maximum absolute atomic E-state index is 12.1. The molecule has 0 aliphatic carbocycles. The fourth-order valence-corrected chi connectivity index (χ4v) is 6.24. The number of aliphatic hydroxyl groups is 2. The molecule has 0 saturated carbocycles. The lowest BCUT2D eigenvalue weighted by Crippen LogP contribution is -2.27. The van der Waals surface area contributed by atoms with E-state index in [0.717, 1.165) is 77.0 Å². The number of carbonyl (C=O) groups is 2. The van der Waals surface area contributed by atoms with Gasteiger partial charge in [0, 0.05) is 25.9 Å². The first kappa shape index (κ1) is 44.9. The molecule has 4 N–H and O–H groups in total. The van der Waals surface area contributed by atoms with Crippen molar-refractivity contribution in [3.8, 4) is 0 Å². The van der Waals surface area contributed by atoms with Crippen molar-refractivity contribution in [2.24, 2.45) is 0 Å². The molecule has 2 unspecified atom stereocenters. The molecule has 2 atom stereocenters. The Balaban J connectivity index is 3.33. The summed E-state index contributed by atoms with van der Waals surface area (Å²) in [5.74, 6) is 0.313. The van der Waals surface area contributed by atoms with E-state index in [1.54, 1.807) is 0 Å². The lowest BCUT2D eigenvalue weighted by Gasteiger charge is -2.10. The van der Waals surface area contributed by atoms with E-state index in [9.17, 15) is 19.8 Å². The summed E-state index contributed by atoms with van der Waals surface area (Å²) in [5, 5.41) is 26.1. The van der Waals surface area contributed by atoms with Gasteiger partial charge in [-0.25, -0.2) is 0 Å². The number of hydrogen-bond acceptors (Lipinski definition) is 4. The molecule has 0 spiro atoms. The number of nitrogens with one attached hydrogen (secondary N) is 2. The normalized spacial score (nSPS) is 12.7. The van der Waals surface area contributed by atoms with Crippen LogP contribution < -0.4 is 10.6 Å². The van der Waals surface area contributed by atoms with Crippen molar-refractivity contribution in [2.75, 3.05) is 13.1 Å². The maximum Gasteiger partial charge on any atom is 0.219 e. The molecule has 0 saturated heterocycles. The highest BCUT2D eigenvalue weighted by Crippen LogP contribution is 2.16. The number of rotatable bonds is 37. The Bertz CT molecular complexity index is 591. The molecule has 46 heavy (non-hydrogen) atoms. The van der Waals surface area contributed by atoms with E-state index in [1.165, 1.54) is 116 Å². The van der Waals surface area contributed by atoms with Gasteiger partial charge in [0.15, 0.2) is 0 Å². The van der Waals surface area contributed by atoms with Crippen LogP contribution in [-0.2, 0) is 9.59 Å². The summed E-state index contributed by atoms with van der Waals surface area (Å²) in [6, 6.07) is 0. The molecule has 0 aromatic heterocycles. The van der Waals surface area contributed by atoms with Crippen LogP contribution in [0.15, 0.2) is 0 Å². The van der Waals surface area contributed by atoms with Crippen molar-refractivity contribution in [3.05, 3.63) is 0 Å². The minimum Gasteiger partial charge on any atom is -0.393 e. The highest BCUT2D eigenvalue weighted by Gasteiger charge is 2.06. The molecule has 0 fully saturated rings. The van der Waals surface area contributed by atoms with Gasteiger partial charge in [0.1, 0.15) is 0 Å². The average molecular weight is 653 g/mol. The minimum atomic E-state index is -0.0951. The molecule has 0 aliphatic heterocycles. The van der Waals surface area contributed by atoms with E-state index < -0.39 is 0 Å². The van der Waals surface area contributed by atoms with Crippen LogP contribution in [0.25, 0.3) is 0 Å². The minimum absolute atomic E-state index is 0.0951. The molecule has 0 aliphatic rings. The monoisotopic (exact) mass is 653 g/mol. The van der Waals surface area contributed by atoms with Gasteiger partial charge in [-0.05, 0) is 51.4 Å². The van der Waals surface area contributed by atoms with Crippen molar-refractivity contribution in [2.45, 2.75) is 232 Å². The predicted molar refractivity (Wildman–Crippen MR) is 197 cm³/mol. The Morgan fingerprint density at radius 3 is 0.957 bits per heavy atom. The molecule has 0 bridgehead atoms. The van der Waals surface area contributed by atoms with E-state index in [1.807, 2.05) is 0 Å². The van der Waals surface area contributed by atoms with E-state index in [4.69, 9.17) is 0 Å². The van der Waals surface area contributed by atoms with Crippen LogP contribution in [0, 0.1) is 0 Å². The Morgan fingerprint density at radius 1 is 0.391 bits per heavy atom. The van der Waals surface area contributed by atoms with Gasteiger partial charge in [-0.15, -0.1) is 0 Å². The summed E-state index contributed by atoms with van der Waals surface area (Å²) < 4.78 is 0. The topological polar surface area (TPSA) is 98.7 Å². The van der Waals surface area contributed by atoms with Gasteiger partial charge < -0.3 is 20.8 Å². The number of hydrogen-bond donors (Lipinski definition) is 4. The van der Waals surface area contributed by atoms with Gasteiger partial charge in [0.05, 0.1) is 12.2 Å². The van der Waals surface area contributed by atoms with Crippen molar-refractivity contribution in [1.29, 1.82) is 0 Å². The summed E-state index contributed by atoms with van der Waals surface area (Å²) >= 11 is 0. The van der Waals surface area contributed by atoms with Crippen molar-refractivity contribution in [3.63, 3.8) is 0 Å². The van der Waals surface area contributed by atoms with Crippen LogP contribution in [0.2, 0.25) is 0 Å². The first-order valence-electron chi connectivity index (χ1n) is 20.4. The van der Waals surface area contributed by atoms with Gasteiger partial charge in [-0.3, -0.25) is 9.59 Å². The second-order valence-corrected chi connectivity index (χ2v) is 14.1. The SMILES string of the molecule is CCCCCCC(O)CCCCCCCCCCC(=O)NCCCCNC(=O)CCCCCCCCCCC(O)CCCCCC. The summed E-state index contributed by atoms with van der Waals surface area (Å²) in [4.78, 5) is 24.1. The summed E-state index contributed by atoms with van der Waals surface area (Å²) in [6.07, 6.45) is 35.6. The molecule has 0 heterocycles. The predicted octanol–water partition coefficient (Wildman–Crippen LogP) is 10.5. The van der Waals surface area contributed by atoms with Gasteiger partial charge in [-0.1, -0.05) is 155 Å². The maximum atomic E-state index is 12.1. The molecular weight excluding hydrogens is 572 g/mol. The van der Waals surface area contributed by atoms with E-state index in [2.05, 4.69) is 24.5 Å². The molecule has 0 radical (unpaired) electrons. The molecule has 6 heteroatoms. The Labute approximate surface area is 286 Å². The standard InChI is InChI=1S/C40H80N2O4/c1-3-5-7-21-29-37(43)31-23-17-13-9-11-15-19-25-33-39(45)41-35-27-28-36-42-40(46)34-26-20-16-12-10-14-18-24-32-38(44)30-22-8-6-4-2/h37-38,43-44H,3-36H2,1-2H3,(H,41,45)(H,42,46). The molecular formula is C40H80N2O4. The molecule has 274 valence electrons. The largest absolute Gasteiger partial charge is 0.393 e. The third-order valence-electron chi connectivity index (χ3n) is 9.41. The summed E-state index contributed by atoms with van der Waals surface area (Å²) in [5.41, 5.74) is 0. The zero-order chi connectivity index (χ0) is 33.8. The van der Waals surface area contributed by atoms with Crippen LogP contribution >= 0.6 is 0 Å². The zero-order valence-electron chi connectivity index (χ0n) is 30.9. The average Bonchev–Trinajstić information content (AvgIpc) is 3.04. The molecule has 2 amide bonds. The van der Waals surface area contributed by atoms with E-state index in [0.29, 0.717) is 25.9 Å². The number of unbranched alkanes of at least 4 members (excludes halogenated alkanes) is 21. The molecule has 0 rings (SSSR count). The first-order valence-corrected chi connectivity index (χ1v) is 20.4. The van der Waals surface area contributed by atoms with Gasteiger partial charge >= 0.3 is 0 Å². The Morgan fingerprint density at radius 2 is 0.652 bits per heavy atom. The summed E-state index contributed by atoms with van der Waals surface area (Å²) in [6.45, 7) is 5.84. The van der Waals surface area contributed by atoms with Crippen LogP contribution in [0.1, 0.15) is 219 Å². The second-order valence-electron chi connectivity index (χ2n) is 14.1. The fourth-order valence-electron chi connectivity index (χ4n) is 6.24. The fraction of sp³-hybridized carbons (Fsp3) is 0.950. The Kier molecular flexibility index (Phi) is 35.8. The third kappa shape index (κ3) is 35.7. The van der Waals surface area contributed by atoms with E-state index >= 15 is 0 Å². The summed E-state index contributed by atoms with van der Waals surface area (Å²) in [7, 11) is 0.